The lowest BCUT2D eigenvalue weighted by atomic mass is 9.90. The molecule has 1 N–H and O–H groups in total. The van der Waals surface area contributed by atoms with E-state index < -0.39 is 17.7 Å². The first-order valence-corrected chi connectivity index (χ1v) is 10.9. The summed E-state index contributed by atoms with van der Waals surface area (Å²) < 4.78 is 68.7. The molecule has 0 radical (unpaired) electrons. The van der Waals surface area contributed by atoms with Gasteiger partial charge in [-0.3, -0.25) is 0 Å². The average Bonchev–Trinajstić information content (AvgIpc) is 2.77. The van der Waals surface area contributed by atoms with Gasteiger partial charge in [0.1, 0.15) is 0 Å². The Morgan fingerprint density at radius 3 is 2.41 bits per heavy atom. The van der Waals surface area contributed by atoms with Gasteiger partial charge in [0.05, 0.1) is 22.9 Å². The zero-order valence-corrected chi connectivity index (χ0v) is 19.2. The van der Waals surface area contributed by atoms with Gasteiger partial charge >= 0.3 is 6.18 Å². The van der Waals surface area contributed by atoms with Crippen LogP contribution in [-0.4, -0.2) is 18.6 Å². The molecule has 2 aromatic carbocycles. The summed E-state index contributed by atoms with van der Waals surface area (Å²) in [6, 6.07) is 10.1. The van der Waals surface area contributed by atoms with E-state index in [2.05, 4.69) is 18.1 Å². The highest BCUT2D eigenvalue weighted by Gasteiger charge is 2.32. The van der Waals surface area contributed by atoms with E-state index in [1.165, 1.54) is 18.2 Å². The van der Waals surface area contributed by atoms with Crippen molar-refractivity contribution in [1.82, 2.24) is 10.4 Å². The molecule has 180 valence electrons. The molecule has 2 aromatic rings. The van der Waals surface area contributed by atoms with Crippen LogP contribution in [0.2, 0.25) is 0 Å². The molecule has 0 aliphatic carbocycles. The first-order valence-electron chi connectivity index (χ1n) is 10.9. The Morgan fingerprint density at radius 1 is 1.12 bits per heavy atom. The molecular weight excluding hydrogens is 449 g/mol. The van der Waals surface area contributed by atoms with E-state index in [9.17, 15) is 27.2 Å². The van der Waals surface area contributed by atoms with Crippen LogP contribution in [-0.2, 0) is 24.9 Å². The summed E-state index contributed by atoms with van der Waals surface area (Å²) in [5.74, 6) is -3.43. The van der Waals surface area contributed by atoms with E-state index in [1.54, 1.807) is 25.0 Å². The van der Waals surface area contributed by atoms with Crippen molar-refractivity contribution in [1.29, 1.82) is 5.26 Å². The molecule has 34 heavy (non-hydrogen) atoms. The molecule has 1 aliphatic rings. The van der Waals surface area contributed by atoms with Crippen LogP contribution in [0.3, 0.4) is 0 Å². The highest BCUT2D eigenvalue weighted by atomic mass is 19.4. The minimum absolute atomic E-state index is 0.111. The molecule has 1 heterocycles. The number of nitrogens with one attached hydrogen (secondary N) is 1. The van der Waals surface area contributed by atoms with Gasteiger partial charge in [-0.25, -0.2) is 5.01 Å². The molecule has 0 spiro atoms. The predicted octanol–water partition coefficient (Wildman–Crippen LogP) is 6.46. The van der Waals surface area contributed by atoms with E-state index in [-0.39, 0.29) is 17.9 Å². The van der Waals surface area contributed by atoms with Gasteiger partial charge in [0.2, 0.25) is 0 Å². The summed E-state index contributed by atoms with van der Waals surface area (Å²) in [6.07, 6.45) is -3.39. The number of nitrogens with zero attached hydrogens (tertiary/aromatic N) is 2. The smallest absolute Gasteiger partial charge is 0.317 e. The summed E-state index contributed by atoms with van der Waals surface area (Å²) >= 11 is 0. The van der Waals surface area contributed by atoms with Gasteiger partial charge < -0.3 is 5.43 Å². The zero-order valence-electron chi connectivity index (χ0n) is 19.2. The second kappa shape index (κ2) is 9.59. The second-order valence-electron chi connectivity index (χ2n) is 8.55. The topological polar surface area (TPSA) is 39.1 Å². The minimum Gasteiger partial charge on any atom is -0.317 e. The summed E-state index contributed by atoms with van der Waals surface area (Å²) in [5, 5.41) is 11.5. The molecule has 0 aromatic heterocycles. The van der Waals surface area contributed by atoms with E-state index in [0.29, 0.717) is 52.6 Å². The molecule has 0 amide bonds. The number of alkyl halides is 5. The lowest BCUT2D eigenvalue weighted by Crippen LogP contribution is -2.41. The zero-order chi connectivity index (χ0) is 25.3. The normalized spacial score (nSPS) is 17.3. The van der Waals surface area contributed by atoms with E-state index in [0.717, 1.165) is 12.1 Å². The first-order chi connectivity index (χ1) is 15.9. The fraction of sp³-hybridized carbons (Fsp3) is 0.346. The van der Waals surface area contributed by atoms with Crippen LogP contribution in [0.4, 0.5) is 22.0 Å². The summed E-state index contributed by atoms with van der Waals surface area (Å²) in [5.41, 5.74) is 4.97. The van der Waals surface area contributed by atoms with Crippen LogP contribution >= 0.6 is 0 Å². The monoisotopic (exact) mass is 475 g/mol. The van der Waals surface area contributed by atoms with Gasteiger partial charge in [-0.2, -0.15) is 27.2 Å². The van der Waals surface area contributed by atoms with Crippen molar-refractivity contribution >= 4 is 5.70 Å². The third-order valence-corrected chi connectivity index (χ3v) is 5.96. The second-order valence-corrected chi connectivity index (χ2v) is 8.55. The van der Waals surface area contributed by atoms with Crippen molar-refractivity contribution in [3.8, 4) is 6.07 Å². The van der Waals surface area contributed by atoms with Crippen molar-refractivity contribution in [2.75, 3.05) is 13.6 Å². The Labute approximate surface area is 196 Å². The van der Waals surface area contributed by atoms with E-state index in [1.807, 2.05) is 6.92 Å². The predicted molar refractivity (Wildman–Crippen MR) is 122 cm³/mol. The van der Waals surface area contributed by atoms with Crippen molar-refractivity contribution in [3.63, 3.8) is 0 Å². The maximum Gasteiger partial charge on any atom is 0.416 e. The molecule has 1 atom stereocenters. The van der Waals surface area contributed by atoms with E-state index in [4.69, 9.17) is 0 Å². The van der Waals surface area contributed by atoms with Gasteiger partial charge in [0, 0.05) is 30.6 Å². The molecule has 0 saturated carbocycles. The van der Waals surface area contributed by atoms with Crippen molar-refractivity contribution in [3.05, 3.63) is 88.0 Å². The highest BCUT2D eigenvalue weighted by molar-refractivity contribution is 5.72. The molecule has 0 unspecified atom stereocenters. The number of hydrogen-bond acceptors (Lipinski definition) is 3. The Balaban J connectivity index is 2.15. The number of nitriles is 1. The van der Waals surface area contributed by atoms with Crippen LogP contribution in [0.1, 0.15) is 47.2 Å². The Kier molecular flexibility index (Phi) is 7.18. The van der Waals surface area contributed by atoms with Crippen molar-refractivity contribution in [2.45, 2.75) is 38.8 Å². The van der Waals surface area contributed by atoms with Crippen LogP contribution in [0.5, 0.6) is 0 Å². The SMILES string of the molecule is C=CC(F)(F)c1cc(Cc2ccc(C(F)(F)F)cc2CC)cc(C2=C(C#N)[C@H](C)CN(C)N2)c1. The minimum atomic E-state index is -4.46. The highest BCUT2D eigenvalue weighted by Crippen LogP contribution is 2.35. The van der Waals surface area contributed by atoms with Gasteiger partial charge in [-0.1, -0.05) is 26.5 Å². The number of aryl methyl sites for hydroxylation is 1. The first kappa shape index (κ1) is 25.4. The molecule has 0 bridgehead atoms. The number of allylic oxidation sites excluding steroid dienone is 1. The molecule has 3 rings (SSSR count). The van der Waals surface area contributed by atoms with Crippen molar-refractivity contribution in [2.24, 2.45) is 5.92 Å². The van der Waals surface area contributed by atoms with Gasteiger partial charge in [-0.15, -0.1) is 0 Å². The third-order valence-electron chi connectivity index (χ3n) is 5.96. The molecule has 1 aliphatic heterocycles. The number of rotatable bonds is 6. The Morgan fingerprint density at radius 2 is 1.82 bits per heavy atom. The van der Waals surface area contributed by atoms with Crippen LogP contribution in [0.15, 0.2) is 54.6 Å². The van der Waals surface area contributed by atoms with E-state index >= 15 is 0 Å². The summed E-state index contributed by atoms with van der Waals surface area (Å²) in [7, 11) is 1.80. The fourth-order valence-corrected chi connectivity index (χ4v) is 4.20. The third kappa shape index (κ3) is 5.31. The quantitative estimate of drug-likeness (QED) is 0.385. The lowest BCUT2D eigenvalue weighted by molar-refractivity contribution is -0.137. The van der Waals surface area contributed by atoms with Gasteiger partial charge in [0.25, 0.3) is 5.92 Å². The molecule has 8 heteroatoms. The van der Waals surface area contributed by atoms with Crippen molar-refractivity contribution < 1.29 is 22.0 Å². The maximum atomic E-state index is 14.7. The number of benzene rings is 2. The molecule has 0 fully saturated rings. The van der Waals surface area contributed by atoms with Crippen LogP contribution < -0.4 is 5.43 Å². The lowest BCUT2D eigenvalue weighted by Gasteiger charge is -2.32. The Bertz CT molecular complexity index is 1160. The molecule has 3 nitrogen and oxygen atoms in total. The molecular formula is C26H26F5N3. The van der Waals surface area contributed by atoms with Crippen LogP contribution in [0, 0.1) is 17.2 Å². The number of halogens is 5. The Hall–Kier alpha value is -3.18. The average molecular weight is 476 g/mol. The fourth-order valence-electron chi connectivity index (χ4n) is 4.20. The van der Waals surface area contributed by atoms with Crippen LogP contribution in [0.25, 0.3) is 5.70 Å². The van der Waals surface area contributed by atoms with Gasteiger partial charge in [0.15, 0.2) is 0 Å². The number of hydrogen-bond donors (Lipinski definition) is 1. The van der Waals surface area contributed by atoms with Gasteiger partial charge in [-0.05, 0) is 65.9 Å². The largest absolute Gasteiger partial charge is 0.416 e. The maximum absolute atomic E-state index is 14.7. The molecule has 0 saturated heterocycles. The number of hydrazine groups is 1. The standard InChI is InChI=1S/C26H26F5N3/c1-5-18-12-21(26(29,30)31)8-7-19(18)9-17-10-20(13-22(11-17)25(27,28)6-2)24-23(14-32)16(3)15-34(4)33-24/h6-8,10-13,16,33H,2,5,9,15H2,1,3-4H3/t16-/m1/s1. The summed E-state index contributed by atoms with van der Waals surface area (Å²) in [4.78, 5) is 0. The summed E-state index contributed by atoms with van der Waals surface area (Å²) in [6.45, 7) is 7.45.